The van der Waals surface area contributed by atoms with Crippen LogP contribution in [0.5, 0.6) is 5.75 Å². The molecular weight excluding hydrogens is 452 g/mol. The highest BCUT2D eigenvalue weighted by Crippen LogP contribution is 2.48. The fourth-order valence-electron chi connectivity index (χ4n) is 4.91. The number of benzene rings is 4. The Morgan fingerprint density at radius 3 is 2.03 bits per heavy atom. The molecule has 1 heterocycles. The lowest BCUT2D eigenvalue weighted by molar-refractivity contribution is -0.158. The van der Waals surface area contributed by atoms with Crippen LogP contribution in [-0.4, -0.2) is 12.6 Å². The number of carbonyl (C=O) groups is 1. The molecule has 0 fully saturated rings. The Labute approximate surface area is 207 Å². The molecule has 6 rings (SSSR count). The zero-order chi connectivity index (χ0) is 23.7. The summed E-state index contributed by atoms with van der Waals surface area (Å²) in [7, 11) is -0.147. The molecule has 0 spiro atoms. The van der Waals surface area contributed by atoms with Crippen molar-refractivity contribution in [2.24, 2.45) is 0 Å². The van der Waals surface area contributed by atoms with Gasteiger partial charge in [-0.2, -0.15) is 0 Å². The number of esters is 1. The van der Waals surface area contributed by atoms with Gasteiger partial charge in [-0.15, -0.1) is 0 Å². The molecule has 4 aromatic carbocycles. The molecular formula is C31H25O3S+. The average Bonchev–Trinajstić information content (AvgIpc) is 3.52. The van der Waals surface area contributed by atoms with E-state index >= 15 is 0 Å². The number of hydrogen-bond acceptors (Lipinski definition) is 3. The summed E-state index contributed by atoms with van der Waals surface area (Å²) in [5.74, 6) is 0.288. The van der Waals surface area contributed by atoms with Crippen LogP contribution in [-0.2, 0) is 15.1 Å². The van der Waals surface area contributed by atoms with E-state index in [4.69, 9.17) is 9.47 Å². The zero-order valence-corrected chi connectivity index (χ0v) is 20.0. The van der Waals surface area contributed by atoms with E-state index < -0.39 is 5.60 Å². The zero-order valence-electron chi connectivity index (χ0n) is 19.2. The van der Waals surface area contributed by atoms with Gasteiger partial charge in [0.15, 0.2) is 26.5 Å². The molecule has 5 aromatic rings. The molecule has 0 bridgehead atoms. The Morgan fingerprint density at radius 1 is 0.771 bits per heavy atom. The van der Waals surface area contributed by atoms with E-state index in [2.05, 4.69) is 66.7 Å². The Balaban J connectivity index is 1.20. The van der Waals surface area contributed by atoms with Crippen LogP contribution < -0.4 is 4.74 Å². The van der Waals surface area contributed by atoms with Gasteiger partial charge >= 0.3 is 5.97 Å². The van der Waals surface area contributed by atoms with E-state index in [0.29, 0.717) is 5.75 Å². The van der Waals surface area contributed by atoms with Crippen LogP contribution in [0.4, 0.5) is 0 Å². The van der Waals surface area contributed by atoms with E-state index in [1.807, 2.05) is 48.5 Å². The number of fused-ring (bicyclic) bond motifs is 3. The molecule has 1 atom stereocenters. The smallest absolute Gasteiger partial charge is 0.345 e. The van der Waals surface area contributed by atoms with Gasteiger partial charge in [-0.3, -0.25) is 0 Å². The minimum atomic E-state index is -0.698. The minimum Gasteiger partial charge on any atom is -0.482 e. The van der Waals surface area contributed by atoms with Crippen LogP contribution in [0.1, 0.15) is 18.4 Å². The highest BCUT2D eigenvalue weighted by molar-refractivity contribution is 7.50. The van der Waals surface area contributed by atoms with Gasteiger partial charge < -0.3 is 9.47 Å². The van der Waals surface area contributed by atoms with E-state index in [1.165, 1.54) is 25.1 Å². The molecule has 0 saturated carbocycles. The summed E-state index contributed by atoms with van der Waals surface area (Å²) in [6, 6.07) is 35.3. The molecule has 0 amide bonds. The molecule has 3 nitrogen and oxygen atoms in total. The predicted octanol–water partition coefficient (Wildman–Crippen LogP) is 7.90. The van der Waals surface area contributed by atoms with Gasteiger partial charge in [0.1, 0.15) is 5.75 Å². The molecule has 1 aliphatic carbocycles. The van der Waals surface area contributed by atoms with E-state index in [0.717, 1.165) is 18.4 Å². The van der Waals surface area contributed by atoms with Gasteiger partial charge in [0, 0.05) is 33.4 Å². The normalized spacial score (nSPS) is 17.1. The summed E-state index contributed by atoms with van der Waals surface area (Å²) in [4.78, 5) is 14.0. The number of thiophene rings is 1. The van der Waals surface area contributed by atoms with Crippen molar-refractivity contribution in [3.63, 3.8) is 0 Å². The molecule has 172 valence electrons. The summed E-state index contributed by atoms with van der Waals surface area (Å²) in [5, 5.41) is 2.62. The first-order valence-electron chi connectivity index (χ1n) is 11.8. The lowest BCUT2D eigenvalue weighted by Crippen LogP contribution is -2.31. The van der Waals surface area contributed by atoms with Crippen molar-refractivity contribution < 1.29 is 14.3 Å². The van der Waals surface area contributed by atoms with E-state index in [9.17, 15) is 4.79 Å². The average molecular weight is 478 g/mol. The monoisotopic (exact) mass is 477 g/mol. The highest BCUT2D eigenvalue weighted by atomic mass is 32.2. The van der Waals surface area contributed by atoms with Gasteiger partial charge in [0.25, 0.3) is 0 Å². The summed E-state index contributed by atoms with van der Waals surface area (Å²) < 4.78 is 14.5. The maximum atomic E-state index is 12.7. The first-order valence-corrected chi connectivity index (χ1v) is 13.1. The molecule has 0 radical (unpaired) electrons. The fourth-order valence-corrected chi connectivity index (χ4v) is 7.29. The van der Waals surface area contributed by atoms with Crippen LogP contribution in [0, 0.1) is 0 Å². The summed E-state index contributed by atoms with van der Waals surface area (Å²) in [5.41, 5.74) is 0.292. The third kappa shape index (κ3) is 4.00. The number of carbonyl (C=O) groups excluding carboxylic acids is 1. The fraction of sp³-hybridized carbons (Fsp3) is 0.129. The molecule has 1 aliphatic rings. The van der Waals surface area contributed by atoms with Gasteiger partial charge in [0.2, 0.25) is 0 Å². The van der Waals surface area contributed by atoms with Crippen molar-refractivity contribution in [3.05, 3.63) is 121 Å². The van der Waals surface area contributed by atoms with Crippen molar-refractivity contribution in [1.82, 2.24) is 0 Å². The van der Waals surface area contributed by atoms with Gasteiger partial charge in [-0.25, -0.2) is 4.79 Å². The molecule has 4 heteroatoms. The van der Waals surface area contributed by atoms with E-state index in [-0.39, 0.29) is 23.0 Å². The van der Waals surface area contributed by atoms with Gasteiger partial charge in [0.05, 0.1) is 0 Å². The van der Waals surface area contributed by atoms with Crippen LogP contribution in [0.25, 0.3) is 25.1 Å². The van der Waals surface area contributed by atoms with E-state index in [1.54, 1.807) is 0 Å². The number of hydrogen-bond donors (Lipinski definition) is 0. The molecule has 1 unspecified atom stereocenters. The minimum absolute atomic E-state index is 0.126. The van der Waals surface area contributed by atoms with Crippen molar-refractivity contribution in [2.45, 2.75) is 18.4 Å². The predicted molar refractivity (Wildman–Crippen MR) is 143 cm³/mol. The molecule has 0 aliphatic heterocycles. The number of ether oxygens (including phenoxy) is 2. The number of rotatable bonds is 6. The summed E-state index contributed by atoms with van der Waals surface area (Å²) in [6.07, 6.45) is 5.70. The summed E-state index contributed by atoms with van der Waals surface area (Å²) >= 11 is 0. The maximum Gasteiger partial charge on any atom is 0.345 e. The van der Waals surface area contributed by atoms with Crippen molar-refractivity contribution in [2.75, 3.05) is 6.61 Å². The van der Waals surface area contributed by atoms with Gasteiger partial charge in [-0.05, 0) is 60.9 Å². The molecule has 1 aromatic heterocycles. The molecule has 35 heavy (non-hydrogen) atoms. The van der Waals surface area contributed by atoms with Crippen LogP contribution in [0.15, 0.2) is 115 Å². The second-order valence-corrected chi connectivity index (χ2v) is 10.7. The van der Waals surface area contributed by atoms with Crippen molar-refractivity contribution in [1.29, 1.82) is 0 Å². The topological polar surface area (TPSA) is 35.5 Å². The Bertz CT molecular complexity index is 1480. The molecule has 0 saturated heterocycles. The third-order valence-electron chi connectivity index (χ3n) is 6.55. The van der Waals surface area contributed by atoms with Gasteiger partial charge in [-0.1, -0.05) is 60.7 Å². The quantitative estimate of drug-likeness (QED) is 0.142. The van der Waals surface area contributed by atoms with Crippen LogP contribution in [0.2, 0.25) is 0 Å². The largest absolute Gasteiger partial charge is 0.482 e. The maximum absolute atomic E-state index is 12.7. The Kier molecular flexibility index (Phi) is 5.59. The van der Waals surface area contributed by atoms with Crippen LogP contribution in [0.3, 0.4) is 0 Å². The number of allylic oxidation sites excluding steroid dienone is 1. The standard InChI is InChI=1S/C31H25O3S/c32-30(34-31(20-8-9-21-31)23-10-2-1-3-11-23)22-33-24-16-18-25(19-17-24)35-28-14-6-4-12-26(28)27-13-5-7-15-29(27)35/h1-8,10-20H,9,21-22H2/q+1. The van der Waals surface area contributed by atoms with Crippen molar-refractivity contribution >= 4 is 36.6 Å². The van der Waals surface area contributed by atoms with Crippen LogP contribution >= 0.6 is 10.5 Å². The Hall–Kier alpha value is -3.89. The first kappa shape index (κ1) is 21.6. The first-order chi connectivity index (χ1) is 17.2. The van der Waals surface area contributed by atoms with Crippen molar-refractivity contribution in [3.8, 4) is 10.6 Å². The Morgan fingerprint density at radius 2 is 1.40 bits per heavy atom. The lowest BCUT2D eigenvalue weighted by atomic mass is 9.93. The highest BCUT2D eigenvalue weighted by Gasteiger charge is 2.36. The SMILES string of the molecule is O=C(COc1ccc(-[s+]2c3ccccc3c3ccccc32)cc1)OC1(c2ccccc2)C=CCC1. The lowest BCUT2D eigenvalue weighted by Gasteiger charge is -2.28. The molecule has 0 N–H and O–H groups in total. The third-order valence-corrected chi connectivity index (χ3v) is 8.88. The second kappa shape index (κ2) is 9.05. The second-order valence-electron chi connectivity index (χ2n) is 8.73. The summed E-state index contributed by atoms with van der Waals surface area (Å²) in [6.45, 7) is -0.126.